The summed E-state index contributed by atoms with van der Waals surface area (Å²) in [4.78, 5) is 20.8. The minimum Gasteiger partial charge on any atom is -0.309 e. The number of nitrogens with zero attached hydrogens (tertiary/aromatic N) is 8. The number of pyridine rings is 1. The van der Waals surface area contributed by atoms with Gasteiger partial charge in [0.15, 0.2) is 17.5 Å². The Kier molecular flexibility index (Phi) is 10.1. The van der Waals surface area contributed by atoms with Gasteiger partial charge >= 0.3 is 0 Å². The number of fused-ring (bicyclic) bond motifs is 12. The van der Waals surface area contributed by atoms with E-state index in [-0.39, 0.29) is 0 Å². The van der Waals surface area contributed by atoms with Gasteiger partial charge in [-0.1, -0.05) is 170 Å². The molecule has 6 aromatic heterocycles. The fourth-order valence-corrected chi connectivity index (χ4v) is 12.9. The van der Waals surface area contributed by atoms with Crippen LogP contribution in [0.2, 0.25) is 0 Å². The SMILES string of the molecule is c1ccc(-c2nc(-c3ccccc3)nc(-c3ccc(-n4c5ccccc5c5cc(-n6c7ccccc7c7ccccc76)ccc54)c(-c4cc(-n5c6ccccc6c6cc(-n7c8ccccc8c8ccccc87)ccc65)ccn4)c3)n2)cc1. The van der Waals surface area contributed by atoms with E-state index >= 15 is 0 Å². The largest absolute Gasteiger partial charge is 0.309 e. The maximum atomic E-state index is 5.30. The molecule has 82 heavy (non-hydrogen) atoms. The molecule has 0 amide bonds. The van der Waals surface area contributed by atoms with Gasteiger partial charge in [-0.2, -0.15) is 0 Å². The van der Waals surface area contributed by atoms with Crippen molar-refractivity contribution in [3.63, 3.8) is 0 Å². The second-order valence-electron chi connectivity index (χ2n) is 21.0. The van der Waals surface area contributed by atoms with Gasteiger partial charge < -0.3 is 18.3 Å². The van der Waals surface area contributed by atoms with E-state index < -0.39 is 0 Å². The molecule has 17 rings (SSSR count). The molecule has 6 heterocycles. The standard InChI is InChI=1S/C74H46N8/c1-3-19-47(20-4-1)72-76-73(48-21-5-2-6-22-48)78-74(77-72)49-35-38-71(82-68-34-18-12-28-58(68)60-45-51(37-40-70(60)82)80-65-31-15-9-25-55(65)56-26-10-16-32-66(56)80)61(43-49)62-46-52(41-42-75-62)81-67-33-17-11-27-57(67)59-44-50(36-39-69(59)81)79-63-29-13-7-23-53(63)54-24-8-14-30-64(54)79/h1-46H. The van der Waals surface area contributed by atoms with Crippen molar-refractivity contribution in [3.05, 3.63) is 279 Å². The summed E-state index contributed by atoms with van der Waals surface area (Å²) in [5.74, 6) is 1.77. The summed E-state index contributed by atoms with van der Waals surface area (Å²) in [7, 11) is 0. The molecule has 0 aliphatic carbocycles. The molecule has 0 N–H and O–H groups in total. The molecular formula is C74H46N8. The van der Waals surface area contributed by atoms with E-state index in [1.165, 1.54) is 54.4 Å². The molecule has 8 heteroatoms. The second-order valence-corrected chi connectivity index (χ2v) is 21.0. The first-order chi connectivity index (χ1) is 40.7. The van der Waals surface area contributed by atoms with E-state index in [0.717, 1.165) is 83.5 Å². The number of para-hydroxylation sites is 6. The van der Waals surface area contributed by atoms with E-state index in [1.54, 1.807) is 0 Å². The number of rotatable bonds is 8. The summed E-state index contributed by atoms with van der Waals surface area (Å²) in [6.07, 6.45) is 1.95. The summed E-state index contributed by atoms with van der Waals surface area (Å²) < 4.78 is 9.58. The van der Waals surface area contributed by atoms with Gasteiger partial charge in [-0.3, -0.25) is 4.98 Å². The summed E-state index contributed by atoms with van der Waals surface area (Å²) in [5.41, 5.74) is 17.6. The van der Waals surface area contributed by atoms with Crippen LogP contribution in [0.15, 0.2) is 279 Å². The highest BCUT2D eigenvalue weighted by molar-refractivity contribution is 6.14. The first kappa shape index (κ1) is 45.8. The average Bonchev–Trinajstić information content (AvgIpc) is 3.71. The minimum atomic E-state index is 0.566. The van der Waals surface area contributed by atoms with Gasteiger partial charge in [0.05, 0.1) is 55.5 Å². The monoisotopic (exact) mass is 1050 g/mol. The molecule has 0 atom stereocenters. The van der Waals surface area contributed by atoms with Crippen LogP contribution in [0, 0.1) is 0 Å². The van der Waals surface area contributed by atoms with Crippen LogP contribution in [0.5, 0.6) is 0 Å². The third-order valence-electron chi connectivity index (χ3n) is 16.5. The molecule has 0 saturated carbocycles. The number of hydrogen-bond donors (Lipinski definition) is 0. The van der Waals surface area contributed by atoms with Gasteiger partial charge in [0.25, 0.3) is 0 Å². The van der Waals surface area contributed by atoms with Crippen molar-refractivity contribution in [2.45, 2.75) is 0 Å². The summed E-state index contributed by atoms with van der Waals surface area (Å²) in [6.45, 7) is 0. The Labute approximate surface area is 470 Å². The Morgan fingerprint density at radius 3 is 1.01 bits per heavy atom. The molecule has 17 aromatic rings. The minimum absolute atomic E-state index is 0.566. The second kappa shape index (κ2) is 18.2. The van der Waals surface area contributed by atoms with Gasteiger partial charge in [0, 0.05) is 88.6 Å². The van der Waals surface area contributed by atoms with E-state index in [4.69, 9.17) is 19.9 Å². The molecule has 0 aliphatic heterocycles. The Morgan fingerprint density at radius 2 is 0.573 bits per heavy atom. The van der Waals surface area contributed by atoms with E-state index in [2.05, 4.69) is 231 Å². The van der Waals surface area contributed by atoms with Crippen molar-refractivity contribution in [2.75, 3.05) is 0 Å². The van der Waals surface area contributed by atoms with Crippen LogP contribution in [0.3, 0.4) is 0 Å². The van der Waals surface area contributed by atoms with Crippen LogP contribution in [0.25, 0.3) is 155 Å². The van der Waals surface area contributed by atoms with Gasteiger partial charge in [0.1, 0.15) is 0 Å². The lowest BCUT2D eigenvalue weighted by Crippen LogP contribution is -2.03. The lowest BCUT2D eigenvalue weighted by molar-refractivity contribution is 1.07. The van der Waals surface area contributed by atoms with Crippen molar-refractivity contribution < 1.29 is 0 Å². The lowest BCUT2D eigenvalue weighted by Gasteiger charge is -2.17. The maximum Gasteiger partial charge on any atom is 0.164 e. The zero-order valence-electron chi connectivity index (χ0n) is 44.1. The molecular weight excluding hydrogens is 1000 g/mol. The van der Waals surface area contributed by atoms with Gasteiger partial charge in [0.2, 0.25) is 0 Å². The highest BCUT2D eigenvalue weighted by Gasteiger charge is 2.23. The molecule has 0 radical (unpaired) electrons. The van der Waals surface area contributed by atoms with Gasteiger partial charge in [-0.15, -0.1) is 0 Å². The topological polar surface area (TPSA) is 71.3 Å². The fraction of sp³-hybridized carbons (Fsp3) is 0. The van der Waals surface area contributed by atoms with Crippen molar-refractivity contribution in [3.8, 4) is 68.2 Å². The van der Waals surface area contributed by atoms with Crippen LogP contribution in [0.1, 0.15) is 0 Å². The van der Waals surface area contributed by atoms with Crippen LogP contribution in [0.4, 0.5) is 0 Å². The first-order valence-electron chi connectivity index (χ1n) is 27.7. The third-order valence-corrected chi connectivity index (χ3v) is 16.5. The van der Waals surface area contributed by atoms with Gasteiger partial charge in [-0.05, 0) is 103 Å². The molecule has 0 bridgehead atoms. The number of benzene rings is 11. The molecule has 382 valence electrons. The van der Waals surface area contributed by atoms with Crippen molar-refractivity contribution in [1.82, 2.24) is 38.2 Å². The van der Waals surface area contributed by atoms with E-state index in [9.17, 15) is 0 Å². The van der Waals surface area contributed by atoms with Gasteiger partial charge in [-0.25, -0.2) is 15.0 Å². The van der Waals surface area contributed by atoms with Crippen LogP contribution < -0.4 is 0 Å². The molecule has 0 spiro atoms. The lowest BCUT2D eigenvalue weighted by atomic mass is 10.0. The molecule has 0 fully saturated rings. The van der Waals surface area contributed by atoms with Crippen LogP contribution in [-0.2, 0) is 0 Å². The predicted octanol–water partition coefficient (Wildman–Crippen LogP) is 18.3. The molecule has 0 unspecified atom stereocenters. The van der Waals surface area contributed by atoms with E-state index in [0.29, 0.717) is 17.5 Å². The van der Waals surface area contributed by atoms with Crippen molar-refractivity contribution in [2.24, 2.45) is 0 Å². The summed E-state index contributed by atoms with van der Waals surface area (Å²) >= 11 is 0. The Hall–Kier alpha value is -11.2. The summed E-state index contributed by atoms with van der Waals surface area (Å²) in [6, 6.07) is 97.3. The Balaban J connectivity index is 0.889. The number of aromatic nitrogens is 8. The molecule has 0 saturated heterocycles. The van der Waals surface area contributed by atoms with Crippen molar-refractivity contribution >= 4 is 87.2 Å². The molecule has 0 aliphatic rings. The van der Waals surface area contributed by atoms with Crippen LogP contribution in [-0.4, -0.2) is 38.2 Å². The Bertz CT molecular complexity index is 5250. The zero-order chi connectivity index (χ0) is 53.8. The molecule has 11 aromatic carbocycles. The van der Waals surface area contributed by atoms with Crippen molar-refractivity contribution in [1.29, 1.82) is 0 Å². The third kappa shape index (κ3) is 7.05. The smallest absolute Gasteiger partial charge is 0.164 e. The highest BCUT2D eigenvalue weighted by atomic mass is 15.0. The summed E-state index contributed by atoms with van der Waals surface area (Å²) in [5, 5.41) is 9.58. The zero-order valence-corrected chi connectivity index (χ0v) is 44.1. The predicted molar refractivity (Wildman–Crippen MR) is 337 cm³/mol. The van der Waals surface area contributed by atoms with E-state index in [1.807, 2.05) is 66.9 Å². The fourth-order valence-electron chi connectivity index (χ4n) is 12.9. The molecule has 8 nitrogen and oxygen atoms in total. The number of hydrogen-bond acceptors (Lipinski definition) is 4. The normalized spacial score (nSPS) is 11.9. The first-order valence-corrected chi connectivity index (χ1v) is 27.7. The maximum absolute atomic E-state index is 5.30. The van der Waals surface area contributed by atoms with Crippen LogP contribution >= 0.6 is 0 Å². The quantitative estimate of drug-likeness (QED) is 0.152. The Morgan fingerprint density at radius 1 is 0.232 bits per heavy atom. The highest BCUT2D eigenvalue weighted by Crippen LogP contribution is 2.42. The average molecular weight is 1050 g/mol.